The summed E-state index contributed by atoms with van der Waals surface area (Å²) in [6.07, 6.45) is 4.88. The van der Waals surface area contributed by atoms with Crippen LogP contribution >= 0.6 is 0 Å². The topological polar surface area (TPSA) is 255 Å². The number of anilines is 1. The van der Waals surface area contributed by atoms with Gasteiger partial charge in [-0.1, -0.05) is 42.5 Å². The van der Waals surface area contributed by atoms with Crippen LogP contribution in [-0.2, 0) is 47.8 Å². The van der Waals surface area contributed by atoms with Gasteiger partial charge in [0.1, 0.15) is 13.2 Å². The molecular weight excluding hydrogens is 660 g/mol. The zero-order valence-corrected chi connectivity index (χ0v) is 26.7. The van der Waals surface area contributed by atoms with E-state index in [1.165, 1.54) is 6.07 Å². The highest BCUT2D eigenvalue weighted by molar-refractivity contribution is 7.85. The lowest BCUT2D eigenvalue weighted by atomic mass is 9.97. The first-order chi connectivity index (χ1) is 21.9. The highest BCUT2D eigenvalue weighted by Gasteiger charge is 2.19. The van der Waals surface area contributed by atoms with E-state index >= 15 is 0 Å². The maximum absolute atomic E-state index is 12.9. The van der Waals surface area contributed by atoms with Crippen LogP contribution in [-0.4, -0.2) is 66.9 Å². The SMILES string of the molecule is CS(=O)(=O)O.CS(=O)(=O)O.NCC(C(=O)Nc1ccc2cnccc2c1)c1ccc(COC(=O)c2cccc(CO[N+](=O)[O-])c2)cc1. The number of ether oxygens (including phenoxy) is 1. The van der Waals surface area contributed by atoms with E-state index in [2.05, 4.69) is 15.1 Å². The molecule has 0 aliphatic rings. The molecule has 4 rings (SSSR count). The van der Waals surface area contributed by atoms with Crippen LogP contribution in [0.1, 0.15) is 33.0 Å². The van der Waals surface area contributed by atoms with Gasteiger partial charge >= 0.3 is 5.97 Å². The first kappa shape index (κ1) is 38.2. The zero-order valence-electron chi connectivity index (χ0n) is 25.0. The molecule has 0 spiro atoms. The average Bonchev–Trinajstić information content (AvgIpc) is 2.98. The fourth-order valence-corrected chi connectivity index (χ4v) is 3.78. The number of pyridine rings is 1. The Morgan fingerprint density at radius 3 is 2.15 bits per heavy atom. The second-order valence-corrected chi connectivity index (χ2v) is 12.6. The van der Waals surface area contributed by atoms with Crippen LogP contribution in [0.2, 0.25) is 0 Å². The number of carbonyl (C=O) groups is 2. The number of fused-ring (bicyclic) bond motifs is 1. The summed E-state index contributed by atoms with van der Waals surface area (Å²) in [6.45, 7) is -0.127. The Labute approximate surface area is 270 Å². The summed E-state index contributed by atoms with van der Waals surface area (Å²) in [6, 6.07) is 20.8. The number of aromatic nitrogens is 1. The Hall–Kier alpha value is -5.01. The number of nitrogens with one attached hydrogen (secondary N) is 1. The molecule has 0 aliphatic heterocycles. The highest BCUT2D eigenvalue weighted by Crippen LogP contribution is 2.22. The minimum absolute atomic E-state index is 0.0141. The van der Waals surface area contributed by atoms with Crippen molar-refractivity contribution in [1.29, 1.82) is 0 Å². The van der Waals surface area contributed by atoms with E-state index in [4.69, 9.17) is 19.6 Å². The van der Waals surface area contributed by atoms with Gasteiger partial charge in [-0.05, 0) is 52.4 Å². The van der Waals surface area contributed by atoms with Gasteiger partial charge in [0, 0.05) is 30.0 Å². The molecule has 252 valence electrons. The predicted octanol–water partition coefficient (Wildman–Crippen LogP) is 2.99. The number of carbonyl (C=O) groups excluding carboxylic acids is 2. The number of nitrogens with two attached hydrogens (primary N) is 1. The van der Waals surface area contributed by atoms with Crippen molar-refractivity contribution < 1.29 is 50.2 Å². The molecule has 1 atom stereocenters. The van der Waals surface area contributed by atoms with Crippen LogP contribution in [0.25, 0.3) is 10.8 Å². The highest BCUT2D eigenvalue weighted by atomic mass is 32.2. The summed E-state index contributed by atoms with van der Waals surface area (Å²) >= 11 is 0. The lowest BCUT2D eigenvalue weighted by molar-refractivity contribution is -0.763. The number of hydrogen-bond donors (Lipinski definition) is 4. The minimum atomic E-state index is -3.67. The molecule has 1 unspecified atom stereocenters. The second-order valence-electron chi connectivity index (χ2n) is 9.70. The summed E-state index contributed by atoms with van der Waals surface area (Å²) in [4.78, 5) is 44.1. The van der Waals surface area contributed by atoms with Gasteiger partial charge in [-0.25, -0.2) is 4.79 Å². The van der Waals surface area contributed by atoms with Gasteiger partial charge in [0.25, 0.3) is 25.3 Å². The van der Waals surface area contributed by atoms with Crippen molar-refractivity contribution >= 4 is 48.6 Å². The largest absolute Gasteiger partial charge is 0.457 e. The maximum atomic E-state index is 12.9. The predicted molar refractivity (Wildman–Crippen MR) is 171 cm³/mol. The van der Waals surface area contributed by atoms with Crippen LogP contribution < -0.4 is 11.1 Å². The van der Waals surface area contributed by atoms with Crippen LogP contribution in [0, 0.1) is 10.1 Å². The Kier molecular flexibility index (Phi) is 14.3. The van der Waals surface area contributed by atoms with Crippen LogP contribution in [0.15, 0.2) is 85.2 Å². The molecule has 1 heterocycles. The third-order valence-corrected chi connectivity index (χ3v) is 5.71. The Bertz CT molecular complexity index is 1860. The van der Waals surface area contributed by atoms with Crippen LogP contribution in [0.5, 0.6) is 0 Å². The second kappa shape index (κ2) is 17.6. The molecule has 18 heteroatoms. The van der Waals surface area contributed by atoms with Crippen molar-refractivity contribution in [2.45, 2.75) is 19.1 Å². The molecular formula is C29H32N4O12S2. The monoisotopic (exact) mass is 692 g/mol. The number of esters is 1. The first-order valence-electron chi connectivity index (χ1n) is 13.2. The maximum Gasteiger partial charge on any atom is 0.338 e. The molecule has 4 aromatic rings. The Morgan fingerprint density at radius 1 is 0.915 bits per heavy atom. The van der Waals surface area contributed by atoms with E-state index in [-0.39, 0.29) is 31.2 Å². The van der Waals surface area contributed by atoms with Crippen molar-refractivity contribution in [1.82, 2.24) is 4.98 Å². The minimum Gasteiger partial charge on any atom is -0.457 e. The fraction of sp³-hybridized carbons (Fsp3) is 0.207. The Balaban J connectivity index is 0.000000670. The smallest absolute Gasteiger partial charge is 0.338 e. The molecule has 3 aromatic carbocycles. The molecule has 0 saturated carbocycles. The Morgan fingerprint density at radius 2 is 1.55 bits per heavy atom. The first-order valence-corrected chi connectivity index (χ1v) is 16.9. The molecule has 1 amide bonds. The lowest BCUT2D eigenvalue weighted by Gasteiger charge is -2.16. The number of rotatable bonds is 10. The van der Waals surface area contributed by atoms with Gasteiger partial charge in [0.15, 0.2) is 0 Å². The van der Waals surface area contributed by atoms with Gasteiger partial charge in [-0.15, -0.1) is 10.1 Å². The summed E-state index contributed by atoms with van der Waals surface area (Å²) < 4.78 is 57.1. The van der Waals surface area contributed by atoms with E-state index < -0.39 is 37.2 Å². The normalized spacial score (nSPS) is 11.5. The van der Waals surface area contributed by atoms with Crippen LogP contribution in [0.4, 0.5) is 5.69 Å². The molecule has 0 bridgehead atoms. The third-order valence-electron chi connectivity index (χ3n) is 5.71. The van der Waals surface area contributed by atoms with Gasteiger partial charge in [0.2, 0.25) is 5.91 Å². The van der Waals surface area contributed by atoms with Crippen molar-refractivity contribution in [3.05, 3.63) is 118 Å². The van der Waals surface area contributed by atoms with E-state index in [9.17, 15) is 36.5 Å². The van der Waals surface area contributed by atoms with Crippen LogP contribution in [0.3, 0.4) is 0 Å². The number of hydrogen-bond acceptors (Lipinski definition) is 12. The van der Waals surface area contributed by atoms with E-state index in [1.54, 1.807) is 54.9 Å². The van der Waals surface area contributed by atoms with Crippen molar-refractivity contribution in [3.8, 4) is 0 Å². The van der Waals surface area contributed by atoms with E-state index in [1.807, 2.05) is 24.3 Å². The van der Waals surface area contributed by atoms with Gasteiger partial charge in [0.05, 0.1) is 24.0 Å². The van der Waals surface area contributed by atoms with E-state index in [0.29, 0.717) is 23.8 Å². The molecule has 16 nitrogen and oxygen atoms in total. The lowest BCUT2D eigenvalue weighted by Crippen LogP contribution is -2.27. The molecule has 47 heavy (non-hydrogen) atoms. The molecule has 0 radical (unpaired) electrons. The molecule has 5 N–H and O–H groups in total. The molecule has 0 saturated heterocycles. The quantitative estimate of drug-likeness (QED) is 0.0807. The fourth-order valence-electron chi connectivity index (χ4n) is 3.78. The number of nitrogens with zero attached hydrogens (tertiary/aromatic N) is 2. The third kappa shape index (κ3) is 15.7. The molecule has 1 aromatic heterocycles. The number of amides is 1. The summed E-state index contributed by atoms with van der Waals surface area (Å²) in [7, 11) is -7.33. The average molecular weight is 693 g/mol. The summed E-state index contributed by atoms with van der Waals surface area (Å²) in [5.74, 6) is -1.36. The van der Waals surface area contributed by atoms with Crippen molar-refractivity contribution in [2.75, 3.05) is 24.4 Å². The summed E-state index contributed by atoms with van der Waals surface area (Å²) in [5.41, 5.74) is 8.77. The van der Waals surface area contributed by atoms with E-state index in [0.717, 1.165) is 21.9 Å². The number of benzene rings is 3. The van der Waals surface area contributed by atoms with Crippen molar-refractivity contribution in [2.24, 2.45) is 5.73 Å². The van der Waals surface area contributed by atoms with Gasteiger partial charge in [-0.3, -0.25) is 18.9 Å². The van der Waals surface area contributed by atoms with Gasteiger partial charge in [-0.2, -0.15) is 16.8 Å². The summed E-state index contributed by atoms with van der Waals surface area (Å²) in [5, 5.41) is 14.3. The molecule has 0 aliphatic carbocycles. The van der Waals surface area contributed by atoms with Gasteiger partial charge < -0.3 is 20.6 Å². The zero-order chi connectivity index (χ0) is 35.2. The standard InChI is InChI=1S/C27H24N4O6.2CH4O3S/c28-14-25(26(32)30-24-9-8-23-15-29-11-10-21(23)13-24)20-6-4-18(5-7-20)16-36-27(33)22-3-1-2-19(12-22)17-37-31(34)35;2*1-5(2,3)4/h1-13,15,25H,14,16-17,28H2,(H,30,32);2*1H3,(H,2,3,4). The molecule has 0 fully saturated rings. The van der Waals surface area contributed by atoms with Crippen molar-refractivity contribution in [3.63, 3.8) is 0 Å².